The van der Waals surface area contributed by atoms with E-state index in [4.69, 9.17) is 4.74 Å². The van der Waals surface area contributed by atoms with Crippen LogP contribution in [0.15, 0.2) is 18.7 Å². The van der Waals surface area contributed by atoms with Crippen molar-refractivity contribution in [2.45, 2.75) is 58.2 Å². The highest BCUT2D eigenvalue weighted by Gasteiger charge is 2.31. The minimum Gasteiger partial charge on any atom is -0.444 e. The lowest BCUT2D eigenvalue weighted by atomic mass is 10.1. The predicted octanol–water partition coefficient (Wildman–Crippen LogP) is 2.36. The van der Waals surface area contributed by atoms with Gasteiger partial charge in [0.15, 0.2) is 0 Å². The summed E-state index contributed by atoms with van der Waals surface area (Å²) >= 11 is 0. The summed E-state index contributed by atoms with van der Waals surface area (Å²) in [7, 11) is 0. The van der Waals surface area contributed by atoms with Crippen LogP contribution in [0.3, 0.4) is 0 Å². The number of carbonyl (C=O) groups excluding carboxylic acids is 1. The first-order valence-corrected chi connectivity index (χ1v) is 7.90. The number of ether oxygens (including phenoxy) is 1. The number of nitrogens with one attached hydrogen (secondary N) is 1. The van der Waals surface area contributed by atoms with Crippen molar-refractivity contribution in [3.05, 3.63) is 24.3 Å². The maximum absolute atomic E-state index is 12.2. The molecule has 2 heterocycles. The summed E-state index contributed by atoms with van der Waals surface area (Å²) in [6.45, 7) is 8.11. The molecule has 1 aliphatic rings. The third-order valence-electron chi connectivity index (χ3n) is 3.60. The minimum atomic E-state index is -0.435. The van der Waals surface area contributed by atoms with Crippen molar-refractivity contribution in [2.75, 3.05) is 13.1 Å². The number of nitrogens with zero attached hydrogens (tertiary/aromatic N) is 3. The van der Waals surface area contributed by atoms with E-state index in [1.165, 1.54) is 6.33 Å². The van der Waals surface area contributed by atoms with Gasteiger partial charge >= 0.3 is 6.09 Å². The van der Waals surface area contributed by atoms with Crippen molar-refractivity contribution in [2.24, 2.45) is 0 Å². The van der Waals surface area contributed by atoms with E-state index in [1.54, 1.807) is 0 Å². The Labute approximate surface area is 132 Å². The summed E-state index contributed by atoms with van der Waals surface area (Å²) in [5.41, 5.74) is 0.633. The topological polar surface area (TPSA) is 67.3 Å². The SMILES string of the molecule is CC(C)(C)OC(=O)N1CCCC1CCNCc1cncnc1. The molecule has 0 spiro atoms. The van der Waals surface area contributed by atoms with Gasteiger partial charge in [-0.3, -0.25) is 0 Å². The zero-order valence-corrected chi connectivity index (χ0v) is 13.7. The second-order valence-electron chi connectivity index (χ2n) is 6.68. The molecule has 1 saturated heterocycles. The van der Waals surface area contributed by atoms with Crippen LogP contribution >= 0.6 is 0 Å². The lowest BCUT2D eigenvalue weighted by molar-refractivity contribution is 0.0220. The van der Waals surface area contributed by atoms with Crippen LogP contribution in [-0.4, -0.2) is 45.7 Å². The first-order chi connectivity index (χ1) is 10.5. The molecule has 0 aromatic carbocycles. The molecule has 6 heteroatoms. The van der Waals surface area contributed by atoms with E-state index >= 15 is 0 Å². The highest BCUT2D eigenvalue weighted by molar-refractivity contribution is 5.68. The summed E-state index contributed by atoms with van der Waals surface area (Å²) in [5.74, 6) is 0. The van der Waals surface area contributed by atoms with Crippen LogP contribution in [0.1, 0.15) is 45.6 Å². The summed E-state index contributed by atoms with van der Waals surface area (Å²) < 4.78 is 5.48. The van der Waals surface area contributed by atoms with Crippen LogP contribution in [0.2, 0.25) is 0 Å². The lowest BCUT2D eigenvalue weighted by Gasteiger charge is -2.28. The summed E-state index contributed by atoms with van der Waals surface area (Å²) in [4.78, 5) is 22.0. The zero-order chi connectivity index (χ0) is 16.0. The van der Waals surface area contributed by atoms with E-state index in [2.05, 4.69) is 15.3 Å². The molecule has 122 valence electrons. The summed E-state index contributed by atoms with van der Waals surface area (Å²) in [5, 5.41) is 3.38. The van der Waals surface area contributed by atoms with Gasteiger partial charge in [-0.25, -0.2) is 14.8 Å². The Balaban J connectivity index is 1.73. The maximum atomic E-state index is 12.2. The monoisotopic (exact) mass is 306 g/mol. The molecule has 1 atom stereocenters. The van der Waals surface area contributed by atoms with Gasteiger partial charge in [0.1, 0.15) is 11.9 Å². The Morgan fingerprint density at radius 2 is 2.14 bits per heavy atom. The number of rotatable bonds is 5. The Bertz CT molecular complexity index is 473. The van der Waals surface area contributed by atoms with Gasteiger partial charge in [0.05, 0.1) is 0 Å². The van der Waals surface area contributed by atoms with E-state index in [-0.39, 0.29) is 12.1 Å². The molecule has 0 radical (unpaired) electrons. The van der Waals surface area contributed by atoms with Gasteiger partial charge in [0.25, 0.3) is 0 Å². The number of likely N-dealkylation sites (tertiary alicyclic amines) is 1. The zero-order valence-electron chi connectivity index (χ0n) is 13.7. The molecule has 1 N–H and O–H groups in total. The molecule has 1 aromatic heterocycles. The van der Waals surface area contributed by atoms with Gasteiger partial charge in [-0.1, -0.05) is 0 Å². The van der Waals surface area contributed by atoms with Crippen molar-refractivity contribution in [3.63, 3.8) is 0 Å². The van der Waals surface area contributed by atoms with Gasteiger partial charge < -0.3 is 15.0 Å². The fourth-order valence-corrected chi connectivity index (χ4v) is 2.62. The summed E-state index contributed by atoms with van der Waals surface area (Å²) in [6, 6.07) is 0.273. The van der Waals surface area contributed by atoms with E-state index < -0.39 is 5.60 Å². The maximum Gasteiger partial charge on any atom is 0.410 e. The van der Waals surface area contributed by atoms with Crippen molar-refractivity contribution >= 4 is 6.09 Å². The molecule has 22 heavy (non-hydrogen) atoms. The third-order valence-corrected chi connectivity index (χ3v) is 3.60. The van der Waals surface area contributed by atoms with Gasteiger partial charge in [-0.15, -0.1) is 0 Å². The van der Waals surface area contributed by atoms with Crippen molar-refractivity contribution < 1.29 is 9.53 Å². The largest absolute Gasteiger partial charge is 0.444 e. The molecule has 1 aromatic rings. The molecule has 1 unspecified atom stereocenters. The van der Waals surface area contributed by atoms with Crippen LogP contribution in [-0.2, 0) is 11.3 Å². The highest BCUT2D eigenvalue weighted by atomic mass is 16.6. The summed E-state index contributed by atoms with van der Waals surface area (Å²) in [6.07, 6.45) is 8.00. The van der Waals surface area contributed by atoms with Crippen molar-refractivity contribution in [3.8, 4) is 0 Å². The van der Waals surface area contributed by atoms with Crippen LogP contribution in [0.25, 0.3) is 0 Å². The van der Waals surface area contributed by atoms with Crippen LogP contribution in [0, 0.1) is 0 Å². The molecule has 6 nitrogen and oxygen atoms in total. The number of amides is 1. The minimum absolute atomic E-state index is 0.188. The molecule has 0 bridgehead atoms. The van der Waals surface area contributed by atoms with Crippen molar-refractivity contribution in [1.82, 2.24) is 20.2 Å². The lowest BCUT2D eigenvalue weighted by Crippen LogP contribution is -2.40. The third kappa shape index (κ3) is 5.26. The predicted molar refractivity (Wildman–Crippen MR) is 84.3 cm³/mol. The second kappa shape index (κ2) is 7.54. The first-order valence-electron chi connectivity index (χ1n) is 7.90. The fraction of sp³-hybridized carbons (Fsp3) is 0.688. The average Bonchev–Trinajstić information content (AvgIpc) is 2.91. The van der Waals surface area contributed by atoms with E-state index in [9.17, 15) is 4.79 Å². The quantitative estimate of drug-likeness (QED) is 0.846. The average molecular weight is 306 g/mol. The molecular weight excluding hydrogens is 280 g/mol. The second-order valence-corrected chi connectivity index (χ2v) is 6.68. The number of carbonyl (C=O) groups is 1. The number of hydrogen-bond acceptors (Lipinski definition) is 5. The van der Waals surface area contributed by atoms with Crippen LogP contribution in [0.5, 0.6) is 0 Å². The van der Waals surface area contributed by atoms with Gasteiger partial charge in [0, 0.05) is 37.1 Å². The fourth-order valence-electron chi connectivity index (χ4n) is 2.62. The number of aromatic nitrogens is 2. The molecule has 1 aliphatic heterocycles. The Kier molecular flexibility index (Phi) is 5.71. The van der Waals surface area contributed by atoms with Crippen LogP contribution in [0.4, 0.5) is 4.79 Å². The highest BCUT2D eigenvalue weighted by Crippen LogP contribution is 2.22. The molecule has 1 fully saturated rings. The Morgan fingerprint density at radius 3 is 2.82 bits per heavy atom. The molecule has 0 saturated carbocycles. The van der Waals surface area contributed by atoms with Crippen LogP contribution < -0.4 is 5.32 Å². The first kappa shape index (κ1) is 16.7. The Hall–Kier alpha value is -1.69. The van der Waals surface area contributed by atoms with E-state index in [0.717, 1.165) is 44.5 Å². The van der Waals surface area contributed by atoms with Gasteiger partial charge in [-0.2, -0.15) is 0 Å². The number of hydrogen-bond donors (Lipinski definition) is 1. The van der Waals surface area contributed by atoms with Gasteiger partial charge in [0.2, 0.25) is 0 Å². The molecule has 0 aliphatic carbocycles. The van der Waals surface area contributed by atoms with Crippen molar-refractivity contribution in [1.29, 1.82) is 0 Å². The van der Waals surface area contributed by atoms with Gasteiger partial charge in [-0.05, 0) is 46.6 Å². The molecule has 1 amide bonds. The molecule has 2 rings (SSSR count). The van der Waals surface area contributed by atoms with E-state index in [0.29, 0.717) is 0 Å². The Morgan fingerprint density at radius 1 is 1.41 bits per heavy atom. The standard InChI is InChI=1S/C16H26N4O2/c1-16(2,3)22-15(21)20-8-4-5-14(20)6-7-17-9-13-10-18-12-19-11-13/h10-12,14,17H,4-9H2,1-3H3. The normalized spacial score (nSPS) is 18.5. The smallest absolute Gasteiger partial charge is 0.410 e. The van der Waals surface area contributed by atoms with E-state index in [1.807, 2.05) is 38.1 Å². The molecular formula is C16H26N4O2.